The van der Waals surface area contributed by atoms with E-state index in [2.05, 4.69) is 0 Å². The number of hydrogen-bond acceptors (Lipinski definition) is 4. The van der Waals surface area contributed by atoms with Gasteiger partial charge in [-0.05, 0) is 36.4 Å². The van der Waals surface area contributed by atoms with E-state index in [4.69, 9.17) is 32.2 Å². The molecule has 2 aromatic rings. The van der Waals surface area contributed by atoms with E-state index < -0.39 is 7.82 Å². The minimum Gasteiger partial charge on any atom is -0.736 e. The zero-order valence-corrected chi connectivity index (χ0v) is 13.4. The Labute approximate surface area is 143 Å². The molecule has 1 aliphatic heterocycles. The fraction of sp³-hybridized carbons (Fsp3) is 0.0769. The molecule has 0 fully saturated rings. The predicted molar refractivity (Wildman–Crippen MR) is 74.6 cm³/mol. The van der Waals surface area contributed by atoms with E-state index in [0.29, 0.717) is 27.6 Å². The van der Waals surface area contributed by atoms with Crippen molar-refractivity contribution >= 4 is 31.0 Å². The third-order valence-corrected chi connectivity index (χ3v) is 4.16. The Balaban J connectivity index is 0.00000161. The molecular weight excluding hydrogens is 329 g/mol. The number of benzene rings is 2. The molecule has 4 nitrogen and oxygen atoms in total. The number of halogens is 2. The molecule has 2 aromatic carbocycles. The van der Waals surface area contributed by atoms with Crippen molar-refractivity contribution in [3.05, 3.63) is 57.6 Å². The van der Waals surface area contributed by atoms with Gasteiger partial charge in [0.15, 0.2) is 0 Å². The Hall–Kier alpha value is -0.593. The summed E-state index contributed by atoms with van der Waals surface area (Å²) in [5, 5.41) is 0.997. The number of phosphoric ester groups is 1. The van der Waals surface area contributed by atoms with Crippen LogP contribution >= 0.6 is 31.0 Å². The second-order valence-corrected chi connectivity index (χ2v) is 6.44. The Morgan fingerprint density at radius 2 is 1.38 bits per heavy atom. The molecule has 0 amide bonds. The molecule has 1 heterocycles. The van der Waals surface area contributed by atoms with Crippen molar-refractivity contribution < 1.29 is 37.4 Å². The van der Waals surface area contributed by atoms with E-state index in [1.807, 2.05) is 0 Å². The summed E-state index contributed by atoms with van der Waals surface area (Å²) in [5.41, 5.74) is 1.31. The van der Waals surface area contributed by atoms with Crippen LogP contribution in [0.4, 0.5) is 0 Å². The van der Waals surface area contributed by atoms with Gasteiger partial charge in [0.05, 0.1) is 0 Å². The largest absolute Gasteiger partial charge is 1.00 e. The first kappa shape index (κ1) is 16.8. The molecule has 0 unspecified atom stereocenters. The molecule has 0 N–H and O–H groups in total. The van der Waals surface area contributed by atoms with E-state index in [1.54, 1.807) is 24.3 Å². The Morgan fingerprint density at radius 1 is 0.952 bits per heavy atom. The fourth-order valence-corrected chi connectivity index (χ4v) is 3.28. The molecule has 0 saturated carbocycles. The summed E-state index contributed by atoms with van der Waals surface area (Å²) < 4.78 is 21.7. The summed E-state index contributed by atoms with van der Waals surface area (Å²) in [5.74, 6) is 0.414. The number of fused-ring (bicyclic) bond motifs is 2. The minimum absolute atomic E-state index is 0. The Kier molecular flexibility index (Phi) is 5.00. The van der Waals surface area contributed by atoms with Crippen LogP contribution in [0.1, 0.15) is 11.1 Å². The molecule has 21 heavy (non-hydrogen) atoms. The normalized spacial score (nSPS) is 15.2. The molecule has 8 heteroatoms. The monoisotopic (exact) mass is 336 g/mol. The van der Waals surface area contributed by atoms with Crippen molar-refractivity contribution in [2.45, 2.75) is 6.42 Å². The Bertz CT molecular complexity index is 681. The van der Waals surface area contributed by atoms with Crippen LogP contribution in [0, 0.1) is 0 Å². The van der Waals surface area contributed by atoms with Gasteiger partial charge in [-0.1, -0.05) is 23.2 Å². The predicted octanol–water partition coefficient (Wildman–Crippen LogP) is 0.828. The maximum absolute atomic E-state index is 11.8. The van der Waals surface area contributed by atoms with E-state index in [1.165, 1.54) is 12.1 Å². The van der Waals surface area contributed by atoms with Crippen LogP contribution in [0.15, 0.2) is 36.4 Å². The maximum Gasteiger partial charge on any atom is 1.00 e. The Morgan fingerprint density at radius 3 is 1.81 bits per heavy atom. The van der Waals surface area contributed by atoms with Crippen LogP contribution in [0.5, 0.6) is 11.5 Å². The van der Waals surface area contributed by atoms with Gasteiger partial charge in [0.1, 0.15) is 11.5 Å². The van der Waals surface area contributed by atoms with Crippen LogP contribution in [0.3, 0.4) is 0 Å². The molecule has 0 bridgehead atoms. The van der Waals surface area contributed by atoms with Crippen LogP contribution in [0.2, 0.25) is 10.0 Å². The third kappa shape index (κ3) is 3.79. The first-order valence-corrected chi connectivity index (χ1v) is 7.92. The summed E-state index contributed by atoms with van der Waals surface area (Å²) in [6, 6.07) is 9.43. The van der Waals surface area contributed by atoms with Crippen molar-refractivity contribution in [2.24, 2.45) is 0 Å². The third-order valence-electron chi connectivity index (χ3n) is 2.85. The molecule has 0 saturated heterocycles. The van der Waals surface area contributed by atoms with Crippen molar-refractivity contribution in [3.63, 3.8) is 0 Å². The van der Waals surface area contributed by atoms with Gasteiger partial charge in [0, 0.05) is 27.6 Å². The van der Waals surface area contributed by atoms with Crippen LogP contribution < -0.4 is 32.8 Å². The van der Waals surface area contributed by atoms with E-state index >= 15 is 0 Å². The molecule has 0 atom stereocenters. The van der Waals surface area contributed by atoms with Gasteiger partial charge in [0.2, 0.25) is 0 Å². The maximum atomic E-state index is 11.8. The number of rotatable bonds is 0. The van der Waals surface area contributed by atoms with Crippen LogP contribution in [-0.2, 0) is 11.0 Å². The molecule has 104 valence electrons. The first-order chi connectivity index (χ1) is 9.43. The smallest absolute Gasteiger partial charge is 0.736 e. The first-order valence-electron chi connectivity index (χ1n) is 5.70. The molecular formula is C13H8Cl2LiO4P. The molecule has 0 aromatic heterocycles. The second-order valence-electron chi connectivity index (χ2n) is 4.31. The fourth-order valence-electron chi connectivity index (χ4n) is 2.02. The second kappa shape index (κ2) is 6.26. The van der Waals surface area contributed by atoms with Crippen molar-refractivity contribution in [1.29, 1.82) is 0 Å². The van der Waals surface area contributed by atoms with Crippen molar-refractivity contribution in [2.75, 3.05) is 0 Å². The number of phosphoric acid groups is 1. The molecule has 3 rings (SSSR count). The average Bonchev–Trinajstić information content (AvgIpc) is 2.34. The van der Waals surface area contributed by atoms with Gasteiger partial charge < -0.3 is 13.9 Å². The van der Waals surface area contributed by atoms with E-state index in [0.717, 1.165) is 0 Å². The van der Waals surface area contributed by atoms with E-state index in [9.17, 15) is 9.46 Å². The summed E-state index contributed by atoms with van der Waals surface area (Å²) >= 11 is 11.9. The summed E-state index contributed by atoms with van der Waals surface area (Å²) in [6.07, 6.45) is 0.409. The van der Waals surface area contributed by atoms with Gasteiger partial charge in [-0.25, -0.2) is 4.57 Å². The number of hydrogen-bond donors (Lipinski definition) is 0. The molecule has 1 aliphatic rings. The van der Waals surface area contributed by atoms with Crippen LogP contribution in [-0.4, -0.2) is 0 Å². The topological polar surface area (TPSA) is 58.6 Å². The van der Waals surface area contributed by atoms with Gasteiger partial charge in [-0.2, -0.15) is 0 Å². The summed E-state index contributed by atoms with van der Waals surface area (Å²) in [6.45, 7) is 0. The summed E-state index contributed by atoms with van der Waals surface area (Å²) in [4.78, 5) is 11.8. The van der Waals surface area contributed by atoms with E-state index in [-0.39, 0.29) is 30.4 Å². The quantitative estimate of drug-likeness (QED) is 0.528. The van der Waals surface area contributed by atoms with Gasteiger partial charge in [0.25, 0.3) is 0 Å². The van der Waals surface area contributed by atoms with Crippen LogP contribution in [0.25, 0.3) is 0 Å². The zero-order chi connectivity index (χ0) is 14.3. The van der Waals surface area contributed by atoms with Gasteiger partial charge >= 0.3 is 26.7 Å². The SMILES string of the molecule is O=P1([O-])Oc2ccc(Cl)cc2Cc2cc(Cl)ccc2O1.[Li+]. The summed E-state index contributed by atoms with van der Waals surface area (Å²) in [7, 11) is -4.49. The minimum atomic E-state index is -4.49. The molecule has 0 spiro atoms. The van der Waals surface area contributed by atoms with Crippen molar-refractivity contribution in [3.8, 4) is 11.5 Å². The van der Waals surface area contributed by atoms with Gasteiger partial charge in [-0.3, -0.25) is 0 Å². The van der Waals surface area contributed by atoms with Gasteiger partial charge in [-0.15, -0.1) is 0 Å². The van der Waals surface area contributed by atoms with Crippen molar-refractivity contribution in [1.82, 2.24) is 0 Å². The average molecular weight is 337 g/mol. The molecule has 0 aliphatic carbocycles. The standard InChI is InChI=1S/C13H9Cl2O4P.Li/c14-10-1-3-12-8(6-10)5-9-7-11(15)2-4-13(9)19-20(16,17)18-12;/h1-4,6-7H,5H2,(H,16,17);/q;+1/p-1. The zero-order valence-electron chi connectivity index (χ0n) is 11.0. The molecule has 0 radical (unpaired) electrons.